The summed E-state index contributed by atoms with van der Waals surface area (Å²) in [6, 6.07) is 6.78. The predicted octanol–water partition coefficient (Wildman–Crippen LogP) is 1.30. The second-order valence-corrected chi connectivity index (χ2v) is 4.34. The van der Waals surface area contributed by atoms with Crippen LogP contribution in [0.2, 0.25) is 5.02 Å². The highest BCUT2D eigenvalue weighted by Gasteiger charge is 2.19. The molecule has 0 aromatic heterocycles. The van der Waals surface area contributed by atoms with Crippen LogP contribution in [-0.4, -0.2) is 36.3 Å². The van der Waals surface area contributed by atoms with Crippen LogP contribution in [0.25, 0.3) is 0 Å². The minimum Gasteiger partial charge on any atom is -0.354 e. The predicted molar refractivity (Wildman–Crippen MR) is 65.0 cm³/mol. The van der Waals surface area contributed by atoms with E-state index in [1.54, 1.807) is 29.2 Å². The van der Waals surface area contributed by atoms with Gasteiger partial charge in [-0.1, -0.05) is 11.6 Å². The quantitative estimate of drug-likeness (QED) is 0.819. The monoisotopic (exact) mass is 252 g/mol. The number of carbonyl (C=O) groups is 2. The Hall–Kier alpha value is -1.55. The van der Waals surface area contributed by atoms with Crippen molar-refractivity contribution >= 4 is 23.4 Å². The highest BCUT2D eigenvalue weighted by molar-refractivity contribution is 6.30. The summed E-state index contributed by atoms with van der Waals surface area (Å²) >= 11 is 5.77. The summed E-state index contributed by atoms with van der Waals surface area (Å²) in [5.41, 5.74) is 0.601. The Morgan fingerprint density at radius 3 is 2.65 bits per heavy atom. The number of rotatable bonds is 1. The normalized spacial score (nSPS) is 16.3. The van der Waals surface area contributed by atoms with Crippen molar-refractivity contribution in [3.05, 3.63) is 34.9 Å². The average Bonchev–Trinajstić information content (AvgIpc) is 2.54. The molecule has 1 aliphatic heterocycles. The van der Waals surface area contributed by atoms with Crippen molar-refractivity contribution in [2.75, 3.05) is 19.6 Å². The van der Waals surface area contributed by atoms with Gasteiger partial charge in [-0.05, 0) is 24.3 Å². The van der Waals surface area contributed by atoms with Crippen LogP contribution >= 0.6 is 11.6 Å². The van der Waals surface area contributed by atoms with Gasteiger partial charge in [0.2, 0.25) is 5.91 Å². The van der Waals surface area contributed by atoms with Gasteiger partial charge in [-0.15, -0.1) is 0 Å². The maximum absolute atomic E-state index is 12.1. The molecular weight excluding hydrogens is 240 g/mol. The number of hydrogen-bond acceptors (Lipinski definition) is 2. The minimum absolute atomic E-state index is 0.00333. The summed E-state index contributed by atoms with van der Waals surface area (Å²) in [5.74, 6) is -0.0606. The molecule has 1 aromatic rings. The van der Waals surface area contributed by atoms with E-state index in [4.69, 9.17) is 11.6 Å². The summed E-state index contributed by atoms with van der Waals surface area (Å²) < 4.78 is 0. The zero-order valence-electron chi connectivity index (χ0n) is 9.28. The smallest absolute Gasteiger partial charge is 0.253 e. The van der Waals surface area contributed by atoms with Crippen molar-refractivity contribution in [1.82, 2.24) is 10.2 Å². The third kappa shape index (κ3) is 2.97. The van der Waals surface area contributed by atoms with Gasteiger partial charge in [0.05, 0.1) is 0 Å². The molecule has 0 unspecified atom stereocenters. The maximum atomic E-state index is 12.1. The first-order valence-corrected chi connectivity index (χ1v) is 5.86. The summed E-state index contributed by atoms with van der Waals surface area (Å²) in [7, 11) is 0. The van der Waals surface area contributed by atoms with E-state index in [0.717, 1.165) is 0 Å². The van der Waals surface area contributed by atoms with E-state index in [-0.39, 0.29) is 11.8 Å². The summed E-state index contributed by atoms with van der Waals surface area (Å²) in [5, 5.41) is 3.34. The third-order valence-corrected chi connectivity index (χ3v) is 2.94. The first-order valence-electron chi connectivity index (χ1n) is 5.48. The lowest BCUT2D eigenvalue weighted by Crippen LogP contribution is -2.34. The van der Waals surface area contributed by atoms with Gasteiger partial charge in [0.1, 0.15) is 0 Å². The Kier molecular flexibility index (Phi) is 3.64. The zero-order chi connectivity index (χ0) is 12.3. The molecule has 0 spiro atoms. The largest absolute Gasteiger partial charge is 0.354 e. The molecule has 2 amide bonds. The summed E-state index contributed by atoms with van der Waals surface area (Å²) in [6.45, 7) is 1.53. The molecular formula is C12H13ClN2O2. The molecule has 1 heterocycles. The Labute approximate surface area is 105 Å². The molecule has 90 valence electrons. The van der Waals surface area contributed by atoms with Gasteiger partial charge in [0, 0.05) is 36.6 Å². The summed E-state index contributed by atoms with van der Waals surface area (Å²) in [6.07, 6.45) is 0.360. The number of halogens is 1. The van der Waals surface area contributed by atoms with E-state index in [0.29, 0.717) is 36.6 Å². The van der Waals surface area contributed by atoms with Crippen LogP contribution in [0.1, 0.15) is 16.8 Å². The molecule has 0 atom stereocenters. The van der Waals surface area contributed by atoms with Gasteiger partial charge in [0.15, 0.2) is 0 Å². The molecule has 1 aromatic carbocycles. The van der Waals surface area contributed by atoms with Gasteiger partial charge >= 0.3 is 0 Å². The van der Waals surface area contributed by atoms with Crippen molar-refractivity contribution in [3.63, 3.8) is 0 Å². The number of hydrogen-bond donors (Lipinski definition) is 1. The van der Waals surface area contributed by atoms with Gasteiger partial charge in [0.25, 0.3) is 5.91 Å². The van der Waals surface area contributed by atoms with Crippen LogP contribution in [0.15, 0.2) is 24.3 Å². The molecule has 0 saturated carbocycles. The molecule has 17 heavy (non-hydrogen) atoms. The van der Waals surface area contributed by atoms with Crippen LogP contribution in [0.5, 0.6) is 0 Å². The fraction of sp³-hybridized carbons (Fsp3) is 0.333. The van der Waals surface area contributed by atoms with E-state index >= 15 is 0 Å². The minimum atomic E-state index is -0.0573. The standard InChI is InChI=1S/C12H13ClN2O2/c13-10-3-1-9(2-4-10)12(17)15-7-5-11(16)14-6-8-15/h1-4H,5-8H2,(H,14,16). The van der Waals surface area contributed by atoms with Gasteiger partial charge in [-0.2, -0.15) is 0 Å². The molecule has 0 radical (unpaired) electrons. The van der Waals surface area contributed by atoms with Crippen molar-refractivity contribution in [2.24, 2.45) is 0 Å². The Bertz CT molecular complexity index is 431. The highest BCUT2D eigenvalue weighted by atomic mass is 35.5. The maximum Gasteiger partial charge on any atom is 0.253 e. The lowest BCUT2D eigenvalue weighted by atomic mass is 10.2. The van der Waals surface area contributed by atoms with E-state index in [1.165, 1.54) is 0 Å². The second-order valence-electron chi connectivity index (χ2n) is 3.90. The average molecular weight is 253 g/mol. The molecule has 0 aliphatic carbocycles. The SMILES string of the molecule is O=C1CCN(C(=O)c2ccc(Cl)cc2)CCN1. The van der Waals surface area contributed by atoms with Crippen molar-refractivity contribution in [2.45, 2.75) is 6.42 Å². The van der Waals surface area contributed by atoms with E-state index in [1.807, 2.05) is 0 Å². The first kappa shape index (κ1) is 11.9. The molecule has 4 nitrogen and oxygen atoms in total. The molecule has 0 bridgehead atoms. The lowest BCUT2D eigenvalue weighted by Gasteiger charge is -2.19. The second kappa shape index (κ2) is 5.19. The fourth-order valence-electron chi connectivity index (χ4n) is 1.75. The van der Waals surface area contributed by atoms with Gasteiger partial charge in [-0.3, -0.25) is 9.59 Å². The Balaban J connectivity index is 2.08. The topological polar surface area (TPSA) is 49.4 Å². The summed E-state index contributed by atoms with van der Waals surface area (Å²) in [4.78, 5) is 25.0. The molecule has 2 rings (SSSR count). The fourth-order valence-corrected chi connectivity index (χ4v) is 1.87. The zero-order valence-corrected chi connectivity index (χ0v) is 10.0. The van der Waals surface area contributed by atoms with Crippen LogP contribution < -0.4 is 5.32 Å². The van der Waals surface area contributed by atoms with Crippen LogP contribution in [-0.2, 0) is 4.79 Å². The van der Waals surface area contributed by atoms with E-state index < -0.39 is 0 Å². The van der Waals surface area contributed by atoms with Crippen molar-refractivity contribution in [3.8, 4) is 0 Å². The molecule has 1 saturated heterocycles. The number of amides is 2. The van der Waals surface area contributed by atoms with Crippen molar-refractivity contribution < 1.29 is 9.59 Å². The molecule has 1 fully saturated rings. The van der Waals surface area contributed by atoms with Gasteiger partial charge < -0.3 is 10.2 Å². The Morgan fingerprint density at radius 2 is 1.94 bits per heavy atom. The number of benzene rings is 1. The van der Waals surface area contributed by atoms with E-state index in [9.17, 15) is 9.59 Å². The van der Waals surface area contributed by atoms with Crippen LogP contribution in [0.4, 0.5) is 0 Å². The first-order chi connectivity index (χ1) is 8.16. The van der Waals surface area contributed by atoms with E-state index in [2.05, 4.69) is 5.32 Å². The number of nitrogens with one attached hydrogen (secondary N) is 1. The lowest BCUT2D eigenvalue weighted by molar-refractivity contribution is -0.120. The molecule has 1 N–H and O–H groups in total. The Morgan fingerprint density at radius 1 is 1.24 bits per heavy atom. The number of carbonyl (C=O) groups excluding carboxylic acids is 2. The number of nitrogens with zero attached hydrogens (tertiary/aromatic N) is 1. The van der Waals surface area contributed by atoms with Crippen LogP contribution in [0.3, 0.4) is 0 Å². The van der Waals surface area contributed by atoms with Crippen LogP contribution in [0, 0.1) is 0 Å². The van der Waals surface area contributed by atoms with Gasteiger partial charge in [-0.25, -0.2) is 0 Å². The highest BCUT2D eigenvalue weighted by Crippen LogP contribution is 2.12. The van der Waals surface area contributed by atoms with Crippen molar-refractivity contribution in [1.29, 1.82) is 0 Å². The molecule has 5 heteroatoms. The third-order valence-electron chi connectivity index (χ3n) is 2.69. The molecule has 1 aliphatic rings.